The molecule has 1 aliphatic rings. The molecule has 1 heterocycles. The van der Waals surface area contributed by atoms with Crippen LogP contribution in [0.15, 0.2) is 47.0 Å². The molecule has 114 valence electrons. The Bertz CT molecular complexity index is 702. The molecule has 0 spiro atoms. The molecule has 0 amide bonds. The smallest absolute Gasteiger partial charge is 0.231 e. The van der Waals surface area contributed by atoms with Crippen LogP contribution in [-0.4, -0.2) is 24.2 Å². The molecule has 0 saturated carbocycles. The van der Waals surface area contributed by atoms with Crippen molar-refractivity contribution in [3.63, 3.8) is 0 Å². The van der Waals surface area contributed by atoms with Crippen LogP contribution >= 0.6 is 0 Å². The summed E-state index contributed by atoms with van der Waals surface area (Å²) >= 11 is 0. The first-order valence-corrected chi connectivity index (χ1v) is 6.77. The van der Waals surface area contributed by atoms with E-state index in [0.29, 0.717) is 22.8 Å². The topological polar surface area (TPSA) is 105 Å². The Morgan fingerprint density at radius 2 is 1.95 bits per heavy atom. The van der Waals surface area contributed by atoms with Crippen molar-refractivity contribution in [3.05, 3.63) is 47.6 Å². The molecule has 1 aromatic carbocycles. The molecule has 1 aliphatic heterocycles. The van der Waals surface area contributed by atoms with Crippen molar-refractivity contribution in [3.8, 4) is 11.5 Å². The Morgan fingerprint density at radius 3 is 2.59 bits per heavy atom. The number of benzene rings is 1. The summed E-state index contributed by atoms with van der Waals surface area (Å²) in [5.41, 5.74) is 7.24. The lowest BCUT2D eigenvalue weighted by Gasteiger charge is -2.10. The number of aliphatic imine (C=N–C) groups is 1. The SMILES string of the molecule is C\C=C/C(=C\C)C(=N/C(=N)N)/C(=N)c1ccc2c(c1)OCO2. The van der Waals surface area contributed by atoms with Gasteiger partial charge < -0.3 is 15.2 Å². The molecule has 0 radical (unpaired) electrons. The fraction of sp³-hybridized carbons (Fsp3) is 0.188. The highest BCUT2D eigenvalue weighted by Gasteiger charge is 2.18. The standard InChI is InChI=1S/C16H18N4O2/c1-3-5-10(4-2)15(20-16(18)19)14(17)11-6-7-12-13(8-11)22-9-21-12/h3-8,17H,9H2,1-2H3,(H3,18,19)/b5-3-,10-4+,17-14?,20-15-. The number of hydrogen-bond donors (Lipinski definition) is 3. The first-order chi connectivity index (χ1) is 10.6. The Morgan fingerprint density at radius 1 is 1.23 bits per heavy atom. The molecule has 0 atom stereocenters. The van der Waals surface area contributed by atoms with Crippen LogP contribution in [0, 0.1) is 10.8 Å². The van der Waals surface area contributed by atoms with Gasteiger partial charge in [-0.05, 0) is 37.6 Å². The maximum absolute atomic E-state index is 8.40. The minimum Gasteiger partial charge on any atom is -0.454 e. The average Bonchev–Trinajstić information content (AvgIpc) is 2.97. The molecule has 4 N–H and O–H groups in total. The Labute approximate surface area is 129 Å². The molecule has 0 bridgehead atoms. The van der Waals surface area contributed by atoms with E-state index in [1.54, 1.807) is 18.2 Å². The van der Waals surface area contributed by atoms with Crippen molar-refractivity contribution in [2.45, 2.75) is 13.8 Å². The lowest BCUT2D eigenvalue weighted by Crippen LogP contribution is -2.20. The second-order valence-electron chi connectivity index (χ2n) is 4.53. The molecule has 6 heteroatoms. The van der Waals surface area contributed by atoms with Crippen LogP contribution in [-0.2, 0) is 0 Å². The molecule has 2 rings (SSSR count). The van der Waals surface area contributed by atoms with Gasteiger partial charge in [-0.3, -0.25) is 10.8 Å². The van der Waals surface area contributed by atoms with Gasteiger partial charge >= 0.3 is 0 Å². The summed E-state index contributed by atoms with van der Waals surface area (Å²) in [6.07, 6.45) is 5.49. The van der Waals surface area contributed by atoms with Crippen LogP contribution in [0.2, 0.25) is 0 Å². The number of fused-ring (bicyclic) bond motifs is 1. The van der Waals surface area contributed by atoms with Gasteiger partial charge in [0.25, 0.3) is 0 Å². The molecule has 0 aromatic heterocycles. The molecule has 0 saturated heterocycles. The summed E-state index contributed by atoms with van der Waals surface area (Å²) in [4.78, 5) is 4.00. The number of hydrogen-bond acceptors (Lipinski definition) is 4. The molecule has 1 aromatic rings. The largest absolute Gasteiger partial charge is 0.454 e. The zero-order valence-electron chi connectivity index (χ0n) is 12.5. The van der Waals surface area contributed by atoms with Crippen molar-refractivity contribution >= 4 is 17.4 Å². The third kappa shape index (κ3) is 3.22. The molecule has 0 aliphatic carbocycles. The summed E-state index contributed by atoms with van der Waals surface area (Å²) in [6.45, 7) is 3.90. The van der Waals surface area contributed by atoms with Crippen molar-refractivity contribution in [1.82, 2.24) is 0 Å². The highest BCUT2D eigenvalue weighted by Crippen LogP contribution is 2.32. The summed E-state index contributed by atoms with van der Waals surface area (Å²) in [7, 11) is 0. The normalized spacial score (nSPS) is 14.5. The van der Waals surface area contributed by atoms with E-state index in [4.69, 9.17) is 26.0 Å². The second kappa shape index (κ2) is 6.71. The number of guanidine groups is 1. The van der Waals surface area contributed by atoms with Crippen LogP contribution in [0.1, 0.15) is 19.4 Å². The number of rotatable bonds is 4. The molecular formula is C16H18N4O2. The van der Waals surface area contributed by atoms with E-state index in [2.05, 4.69) is 4.99 Å². The zero-order chi connectivity index (χ0) is 16.1. The molecule has 0 fully saturated rings. The number of nitrogens with one attached hydrogen (secondary N) is 2. The first kappa shape index (κ1) is 15.5. The van der Waals surface area contributed by atoms with Crippen molar-refractivity contribution in [2.24, 2.45) is 10.7 Å². The van der Waals surface area contributed by atoms with Gasteiger partial charge in [0.2, 0.25) is 12.8 Å². The number of ether oxygens (including phenoxy) is 2. The van der Waals surface area contributed by atoms with E-state index in [9.17, 15) is 0 Å². The van der Waals surface area contributed by atoms with Gasteiger partial charge in [-0.15, -0.1) is 0 Å². The Hall–Kier alpha value is -2.89. The van der Waals surface area contributed by atoms with Crippen molar-refractivity contribution in [2.75, 3.05) is 6.79 Å². The van der Waals surface area contributed by atoms with Gasteiger partial charge in [0.05, 0.1) is 11.4 Å². The molecule has 22 heavy (non-hydrogen) atoms. The monoisotopic (exact) mass is 298 g/mol. The Balaban J connectivity index is 2.44. The highest BCUT2D eigenvalue weighted by molar-refractivity contribution is 6.54. The quantitative estimate of drug-likeness (QED) is 0.452. The van der Waals surface area contributed by atoms with E-state index in [-0.39, 0.29) is 18.5 Å². The van der Waals surface area contributed by atoms with Crippen LogP contribution in [0.25, 0.3) is 0 Å². The highest BCUT2D eigenvalue weighted by atomic mass is 16.7. The van der Waals surface area contributed by atoms with E-state index in [1.165, 1.54) is 0 Å². The number of nitrogens with two attached hydrogens (primary N) is 1. The third-order valence-corrected chi connectivity index (χ3v) is 3.06. The summed E-state index contributed by atoms with van der Waals surface area (Å²) in [5, 5.41) is 15.8. The minimum absolute atomic E-state index is 0.166. The van der Waals surface area contributed by atoms with Crippen LogP contribution in [0.3, 0.4) is 0 Å². The van der Waals surface area contributed by atoms with Gasteiger partial charge in [0, 0.05) is 5.56 Å². The number of nitrogens with zero attached hydrogens (tertiary/aromatic N) is 1. The van der Waals surface area contributed by atoms with E-state index in [1.807, 2.05) is 32.1 Å². The minimum atomic E-state index is -0.343. The first-order valence-electron chi connectivity index (χ1n) is 6.77. The van der Waals surface area contributed by atoms with Crippen LogP contribution in [0.5, 0.6) is 11.5 Å². The van der Waals surface area contributed by atoms with Crippen molar-refractivity contribution < 1.29 is 9.47 Å². The molecular weight excluding hydrogens is 280 g/mol. The summed E-state index contributed by atoms with van der Waals surface area (Å²) in [6, 6.07) is 5.24. The maximum atomic E-state index is 8.40. The predicted molar refractivity (Wildman–Crippen MR) is 87.3 cm³/mol. The van der Waals surface area contributed by atoms with E-state index < -0.39 is 0 Å². The molecule has 0 unspecified atom stereocenters. The predicted octanol–water partition coefficient (Wildman–Crippen LogP) is 2.64. The number of allylic oxidation sites excluding steroid dienone is 4. The fourth-order valence-electron chi connectivity index (χ4n) is 2.07. The average molecular weight is 298 g/mol. The summed E-state index contributed by atoms with van der Waals surface area (Å²) in [5.74, 6) is 0.906. The zero-order valence-corrected chi connectivity index (χ0v) is 12.5. The third-order valence-electron chi connectivity index (χ3n) is 3.06. The van der Waals surface area contributed by atoms with Crippen LogP contribution < -0.4 is 15.2 Å². The lowest BCUT2D eigenvalue weighted by atomic mass is 9.98. The van der Waals surface area contributed by atoms with E-state index >= 15 is 0 Å². The summed E-state index contributed by atoms with van der Waals surface area (Å²) < 4.78 is 10.6. The van der Waals surface area contributed by atoms with Crippen LogP contribution in [0.4, 0.5) is 0 Å². The van der Waals surface area contributed by atoms with Gasteiger partial charge in [0.15, 0.2) is 11.5 Å². The van der Waals surface area contributed by atoms with Crippen molar-refractivity contribution in [1.29, 1.82) is 10.8 Å². The molecule has 6 nitrogen and oxygen atoms in total. The Kier molecular flexibility index (Phi) is 4.73. The fourth-order valence-corrected chi connectivity index (χ4v) is 2.07. The van der Waals surface area contributed by atoms with Gasteiger partial charge in [-0.25, -0.2) is 4.99 Å². The van der Waals surface area contributed by atoms with Gasteiger partial charge in [-0.1, -0.05) is 18.2 Å². The maximum Gasteiger partial charge on any atom is 0.231 e. The lowest BCUT2D eigenvalue weighted by molar-refractivity contribution is 0.174. The van der Waals surface area contributed by atoms with Gasteiger partial charge in [-0.2, -0.15) is 0 Å². The van der Waals surface area contributed by atoms with E-state index in [0.717, 1.165) is 5.57 Å². The second-order valence-corrected chi connectivity index (χ2v) is 4.53. The van der Waals surface area contributed by atoms with Gasteiger partial charge in [0.1, 0.15) is 0 Å².